The molecule has 10 heteroatoms. The number of aromatic nitrogens is 5. The second kappa shape index (κ2) is 7.29. The van der Waals surface area contributed by atoms with E-state index in [9.17, 15) is 0 Å². The SMILES string of the molecule is Brc1cc2c(s1)CCN(c1nc(NCc3nnc4ccccn34)nc3sccc13)C2. The minimum absolute atomic E-state index is 0.503. The van der Waals surface area contributed by atoms with Gasteiger partial charge in [-0.15, -0.1) is 32.9 Å². The van der Waals surface area contributed by atoms with Gasteiger partial charge < -0.3 is 10.2 Å². The molecule has 5 aromatic heterocycles. The molecule has 0 saturated carbocycles. The Morgan fingerprint density at radius 1 is 1.17 bits per heavy atom. The van der Waals surface area contributed by atoms with E-state index in [1.54, 1.807) is 11.3 Å². The van der Waals surface area contributed by atoms with Gasteiger partial charge in [0.1, 0.15) is 10.6 Å². The summed E-state index contributed by atoms with van der Waals surface area (Å²) in [4.78, 5) is 14.4. The van der Waals surface area contributed by atoms with Crippen LogP contribution in [0.15, 0.2) is 45.7 Å². The highest BCUT2D eigenvalue weighted by Crippen LogP contribution is 2.36. The van der Waals surface area contributed by atoms with Crippen molar-refractivity contribution in [3.8, 4) is 0 Å². The van der Waals surface area contributed by atoms with Gasteiger partial charge in [0, 0.05) is 24.2 Å². The van der Waals surface area contributed by atoms with Gasteiger partial charge in [0.25, 0.3) is 0 Å². The number of hydrogen-bond acceptors (Lipinski definition) is 8. The quantitative estimate of drug-likeness (QED) is 0.386. The Hall–Kier alpha value is -2.56. The fraction of sp³-hybridized carbons (Fsp3) is 0.200. The number of fused-ring (bicyclic) bond motifs is 3. The van der Waals surface area contributed by atoms with Crippen LogP contribution < -0.4 is 10.2 Å². The van der Waals surface area contributed by atoms with Gasteiger partial charge in [-0.1, -0.05) is 6.07 Å². The molecule has 0 atom stereocenters. The molecule has 6 heterocycles. The third-order valence-electron chi connectivity index (χ3n) is 5.23. The number of hydrogen-bond donors (Lipinski definition) is 1. The molecule has 1 aliphatic rings. The van der Waals surface area contributed by atoms with E-state index in [0.717, 1.165) is 47.0 Å². The lowest BCUT2D eigenvalue weighted by molar-refractivity contribution is 0.734. The molecule has 0 unspecified atom stereocenters. The first-order valence-electron chi connectivity index (χ1n) is 9.54. The van der Waals surface area contributed by atoms with E-state index in [0.29, 0.717) is 12.5 Å². The van der Waals surface area contributed by atoms with E-state index in [1.807, 2.05) is 40.1 Å². The van der Waals surface area contributed by atoms with E-state index in [1.165, 1.54) is 14.2 Å². The molecular weight excluding hydrogens is 482 g/mol. The molecule has 0 amide bonds. The number of pyridine rings is 1. The Morgan fingerprint density at radius 2 is 2.13 bits per heavy atom. The standard InChI is InChI=1S/C20H16BrN7S2/c21-15-9-12-11-27(7-4-14(12)30-15)18-13-5-8-29-19(13)24-20(23-18)22-10-17-26-25-16-3-1-2-6-28(16)17/h1-3,5-6,8-9H,4,7,10-11H2,(H,22,23,24). The van der Waals surface area contributed by atoms with Crippen LogP contribution in [0.1, 0.15) is 16.3 Å². The van der Waals surface area contributed by atoms with Gasteiger partial charge in [-0.25, -0.2) is 4.98 Å². The molecule has 0 aromatic carbocycles. The maximum Gasteiger partial charge on any atom is 0.226 e. The van der Waals surface area contributed by atoms with Crippen molar-refractivity contribution >= 4 is 66.2 Å². The van der Waals surface area contributed by atoms with Crippen molar-refractivity contribution < 1.29 is 0 Å². The number of nitrogens with one attached hydrogen (secondary N) is 1. The summed E-state index contributed by atoms with van der Waals surface area (Å²) in [6.07, 6.45) is 3.00. The Morgan fingerprint density at radius 3 is 3.10 bits per heavy atom. The Bertz CT molecular complexity index is 1370. The maximum atomic E-state index is 4.90. The highest BCUT2D eigenvalue weighted by atomic mass is 79.9. The molecule has 6 rings (SSSR count). The molecule has 0 bridgehead atoms. The third kappa shape index (κ3) is 3.15. The van der Waals surface area contributed by atoms with E-state index >= 15 is 0 Å². The number of thiophene rings is 2. The van der Waals surface area contributed by atoms with Crippen LogP contribution in [0.25, 0.3) is 15.9 Å². The van der Waals surface area contributed by atoms with Crippen molar-refractivity contribution in [2.24, 2.45) is 0 Å². The molecule has 0 saturated heterocycles. The van der Waals surface area contributed by atoms with Crippen LogP contribution in [-0.2, 0) is 19.5 Å². The Balaban J connectivity index is 1.32. The summed E-state index contributed by atoms with van der Waals surface area (Å²) in [5.41, 5.74) is 2.21. The summed E-state index contributed by atoms with van der Waals surface area (Å²) in [5.74, 6) is 2.43. The molecule has 1 aliphatic heterocycles. The summed E-state index contributed by atoms with van der Waals surface area (Å²) >= 11 is 7.10. The first-order valence-corrected chi connectivity index (χ1v) is 12.0. The maximum absolute atomic E-state index is 4.90. The van der Waals surface area contributed by atoms with Crippen molar-refractivity contribution in [3.05, 3.63) is 62.0 Å². The van der Waals surface area contributed by atoms with Crippen LogP contribution in [0.2, 0.25) is 0 Å². The average molecular weight is 498 g/mol. The minimum Gasteiger partial charge on any atom is -0.351 e. The molecule has 5 aromatic rings. The van der Waals surface area contributed by atoms with E-state index in [4.69, 9.17) is 9.97 Å². The fourth-order valence-electron chi connectivity index (χ4n) is 3.81. The van der Waals surface area contributed by atoms with E-state index < -0.39 is 0 Å². The van der Waals surface area contributed by atoms with Crippen molar-refractivity contribution in [1.29, 1.82) is 0 Å². The molecule has 0 fully saturated rings. The monoisotopic (exact) mass is 497 g/mol. The lowest BCUT2D eigenvalue weighted by atomic mass is 10.1. The Labute approximate surface area is 188 Å². The fourth-order valence-corrected chi connectivity index (χ4v) is 6.31. The summed E-state index contributed by atoms with van der Waals surface area (Å²) in [6.45, 7) is 2.33. The zero-order valence-electron chi connectivity index (χ0n) is 15.7. The predicted molar refractivity (Wildman–Crippen MR) is 125 cm³/mol. The van der Waals surface area contributed by atoms with Crippen LogP contribution >= 0.6 is 38.6 Å². The van der Waals surface area contributed by atoms with Gasteiger partial charge in [0.05, 0.1) is 15.7 Å². The van der Waals surface area contributed by atoms with Crippen LogP contribution in [0, 0.1) is 0 Å². The average Bonchev–Trinajstić information content (AvgIpc) is 3.48. The predicted octanol–water partition coefficient (Wildman–Crippen LogP) is 4.73. The number of anilines is 2. The van der Waals surface area contributed by atoms with Gasteiger partial charge in [-0.3, -0.25) is 4.40 Å². The van der Waals surface area contributed by atoms with E-state index in [2.05, 4.69) is 53.9 Å². The number of rotatable bonds is 4. The molecule has 150 valence electrons. The summed E-state index contributed by atoms with van der Waals surface area (Å²) in [7, 11) is 0. The van der Waals surface area contributed by atoms with Crippen LogP contribution in [0.5, 0.6) is 0 Å². The van der Waals surface area contributed by atoms with Crippen LogP contribution in [0.3, 0.4) is 0 Å². The first-order chi connectivity index (χ1) is 14.7. The number of halogens is 1. The molecular formula is C20H16BrN7S2. The highest BCUT2D eigenvalue weighted by Gasteiger charge is 2.23. The Kier molecular flexibility index (Phi) is 4.43. The van der Waals surface area contributed by atoms with Gasteiger partial charge in [-0.2, -0.15) is 4.98 Å². The topological polar surface area (TPSA) is 71.2 Å². The zero-order valence-corrected chi connectivity index (χ0v) is 19.0. The second-order valence-electron chi connectivity index (χ2n) is 7.08. The smallest absolute Gasteiger partial charge is 0.226 e. The number of nitrogens with zero attached hydrogens (tertiary/aromatic N) is 6. The largest absolute Gasteiger partial charge is 0.351 e. The minimum atomic E-state index is 0.503. The zero-order chi connectivity index (χ0) is 20.1. The van der Waals surface area contributed by atoms with Gasteiger partial charge in [0.15, 0.2) is 11.5 Å². The van der Waals surface area contributed by atoms with Gasteiger partial charge in [0.2, 0.25) is 5.95 Å². The first kappa shape index (κ1) is 18.2. The lowest BCUT2D eigenvalue weighted by Crippen LogP contribution is -2.30. The summed E-state index contributed by atoms with van der Waals surface area (Å²) in [6, 6.07) is 10.2. The molecule has 0 radical (unpaired) electrons. The molecule has 7 nitrogen and oxygen atoms in total. The van der Waals surface area contributed by atoms with E-state index in [-0.39, 0.29) is 0 Å². The van der Waals surface area contributed by atoms with Crippen LogP contribution in [-0.4, -0.2) is 31.1 Å². The van der Waals surface area contributed by atoms with Crippen LogP contribution in [0.4, 0.5) is 11.8 Å². The highest BCUT2D eigenvalue weighted by molar-refractivity contribution is 9.11. The molecule has 30 heavy (non-hydrogen) atoms. The second-order valence-corrected chi connectivity index (χ2v) is 10.5. The van der Waals surface area contributed by atoms with Crippen molar-refractivity contribution in [1.82, 2.24) is 24.6 Å². The summed E-state index contributed by atoms with van der Waals surface area (Å²) < 4.78 is 3.17. The van der Waals surface area contributed by atoms with Gasteiger partial charge >= 0.3 is 0 Å². The summed E-state index contributed by atoms with van der Waals surface area (Å²) in [5, 5.41) is 15.0. The lowest BCUT2D eigenvalue weighted by Gasteiger charge is -2.28. The van der Waals surface area contributed by atoms with Crippen molar-refractivity contribution in [3.63, 3.8) is 0 Å². The van der Waals surface area contributed by atoms with Crippen molar-refractivity contribution in [2.45, 2.75) is 19.5 Å². The van der Waals surface area contributed by atoms with Crippen molar-refractivity contribution in [2.75, 3.05) is 16.8 Å². The molecule has 0 spiro atoms. The molecule has 0 aliphatic carbocycles. The van der Waals surface area contributed by atoms with Gasteiger partial charge in [-0.05, 0) is 57.6 Å². The normalized spacial score (nSPS) is 13.8. The third-order valence-corrected chi connectivity index (χ3v) is 7.78. The molecule has 1 N–H and O–H groups in total.